The molecule has 9 nitrogen and oxygen atoms in total. The normalized spacial score (nSPS) is 17.0. The Morgan fingerprint density at radius 3 is 2.43 bits per heavy atom. The molecule has 0 aliphatic carbocycles. The van der Waals surface area contributed by atoms with E-state index in [1.807, 2.05) is 12.3 Å². The van der Waals surface area contributed by atoms with Gasteiger partial charge in [-0.3, -0.25) is 14.8 Å². The standard InChI is InChI=1S/C33H39N7O2/c1-23-7-9-25(10-8-23)31-30(32(38-37-31)26-12-19-40(20-13-26)29(42)22-41)28-11-16-34-33(36-28)35-27-14-17-39(18-15-27)21-24-5-3-2-4-6-24/h2-11,16,26-27,41H,12-15,17-22H2,1H3,(H,37,38)(H,34,35,36). The van der Waals surface area contributed by atoms with Gasteiger partial charge < -0.3 is 15.3 Å². The summed E-state index contributed by atoms with van der Waals surface area (Å²) in [6, 6.07) is 21.3. The lowest BCUT2D eigenvalue weighted by atomic mass is 9.88. The Kier molecular flexibility index (Phi) is 8.58. The molecule has 2 aromatic carbocycles. The lowest BCUT2D eigenvalue weighted by Crippen LogP contribution is -2.39. The number of H-pyrrole nitrogens is 1. The number of piperidine rings is 2. The van der Waals surface area contributed by atoms with Gasteiger partial charge in [0.15, 0.2) is 0 Å². The maximum Gasteiger partial charge on any atom is 0.248 e. The van der Waals surface area contributed by atoms with E-state index >= 15 is 0 Å². The molecule has 42 heavy (non-hydrogen) atoms. The molecule has 2 saturated heterocycles. The van der Waals surface area contributed by atoms with Gasteiger partial charge in [0.25, 0.3) is 0 Å². The van der Waals surface area contributed by atoms with Crippen LogP contribution in [0.15, 0.2) is 66.9 Å². The molecular weight excluding hydrogens is 526 g/mol. The molecule has 0 radical (unpaired) electrons. The summed E-state index contributed by atoms with van der Waals surface area (Å²) in [5.74, 6) is 0.630. The summed E-state index contributed by atoms with van der Waals surface area (Å²) in [5.41, 5.74) is 7.32. The fraction of sp³-hybridized carbons (Fsp3) is 0.394. The lowest BCUT2D eigenvalue weighted by Gasteiger charge is -2.32. The van der Waals surface area contributed by atoms with Gasteiger partial charge in [0.1, 0.15) is 12.3 Å². The molecule has 2 aromatic heterocycles. The lowest BCUT2D eigenvalue weighted by molar-refractivity contribution is -0.135. The Labute approximate surface area is 247 Å². The highest BCUT2D eigenvalue weighted by Crippen LogP contribution is 2.39. The van der Waals surface area contributed by atoms with Crippen molar-refractivity contribution in [1.82, 2.24) is 30.0 Å². The number of nitrogens with zero attached hydrogens (tertiary/aromatic N) is 5. The highest BCUT2D eigenvalue weighted by atomic mass is 16.3. The SMILES string of the molecule is Cc1ccc(-c2n[nH]c(C3CCN(C(=O)CO)CC3)c2-c2ccnc(NC3CCN(Cc4ccccc4)CC3)n2)cc1. The summed E-state index contributed by atoms with van der Waals surface area (Å²) in [6.07, 6.45) is 5.50. The van der Waals surface area contributed by atoms with Crippen molar-refractivity contribution in [3.05, 3.63) is 83.7 Å². The Hall–Kier alpha value is -4.08. The molecule has 0 unspecified atom stereocenters. The summed E-state index contributed by atoms with van der Waals surface area (Å²) in [5, 5.41) is 21.1. The van der Waals surface area contributed by atoms with Crippen LogP contribution in [0, 0.1) is 6.92 Å². The van der Waals surface area contributed by atoms with E-state index in [0.717, 1.165) is 73.5 Å². The van der Waals surface area contributed by atoms with Crippen molar-refractivity contribution in [2.75, 3.05) is 38.1 Å². The summed E-state index contributed by atoms with van der Waals surface area (Å²) < 4.78 is 0. The topological polar surface area (TPSA) is 110 Å². The van der Waals surface area contributed by atoms with Gasteiger partial charge in [-0.05, 0) is 44.2 Å². The second-order valence-electron chi connectivity index (χ2n) is 11.5. The van der Waals surface area contributed by atoms with Crippen LogP contribution in [-0.4, -0.2) is 79.8 Å². The second-order valence-corrected chi connectivity index (χ2v) is 11.5. The molecule has 0 bridgehead atoms. The molecule has 4 heterocycles. The van der Waals surface area contributed by atoms with E-state index in [-0.39, 0.29) is 11.8 Å². The average molecular weight is 566 g/mol. The number of carbonyl (C=O) groups is 1. The number of hydrogen-bond donors (Lipinski definition) is 3. The predicted octanol–water partition coefficient (Wildman–Crippen LogP) is 4.62. The molecule has 218 valence electrons. The van der Waals surface area contributed by atoms with Crippen molar-refractivity contribution in [3.8, 4) is 22.5 Å². The summed E-state index contributed by atoms with van der Waals surface area (Å²) in [4.78, 5) is 25.9. The van der Waals surface area contributed by atoms with Gasteiger partial charge in [-0.25, -0.2) is 9.97 Å². The van der Waals surface area contributed by atoms with Gasteiger partial charge in [-0.1, -0.05) is 60.2 Å². The maximum absolute atomic E-state index is 12.0. The number of carbonyl (C=O) groups excluding carboxylic acids is 1. The van der Waals surface area contributed by atoms with Crippen LogP contribution in [0.3, 0.4) is 0 Å². The van der Waals surface area contributed by atoms with Gasteiger partial charge in [0.05, 0.1) is 5.69 Å². The molecule has 2 fully saturated rings. The van der Waals surface area contributed by atoms with Crippen LogP contribution >= 0.6 is 0 Å². The summed E-state index contributed by atoms with van der Waals surface area (Å²) in [6.45, 7) is 5.92. The van der Waals surface area contributed by atoms with E-state index in [4.69, 9.17) is 10.1 Å². The summed E-state index contributed by atoms with van der Waals surface area (Å²) in [7, 11) is 0. The molecule has 3 N–H and O–H groups in total. The van der Waals surface area contributed by atoms with Crippen molar-refractivity contribution < 1.29 is 9.90 Å². The minimum absolute atomic E-state index is 0.203. The number of nitrogens with one attached hydrogen (secondary N) is 2. The van der Waals surface area contributed by atoms with Crippen molar-refractivity contribution in [2.24, 2.45) is 0 Å². The van der Waals surface area contributed by atoms with E-state index in [2.05, 4.69) is 81.8 Å². The Morgan fingerprint density at radius 2 is 1.71 bits per heavy atom. The van der Waals surface area contributed by atoms with Gasteiger partial charge in [-0.2, -0.15) is 5.10 Å². The molecule has 0 saturated carbocycles. The van der Waals surface area contributed by atoms with Crippen LogP contribution in [-0.2, 0) is 11.3 Å². The third-order valence-corrected chi connectivity index (χ3v) is 8.59. The fourth-order valence-electron chi connectivity index (χ4n) is 6.18. The third-order valence-electron chi connectivity index (χ3n) is 8.59. The summed E-state index contributed by atoms with van der Waals surface area (Å²) >= 11 is 0. The molecule has 6 rings (SSSR count). The number of aliphatic hydroxyl groups excluding tert-OH is 1. The van der Waals surface area contributed by atoms with E-state index in [1.54, 1.807) is 4.90 Å². The van der Waals surface area contributed by atoms with Crippen LogP contribution in [0.25, 0.3) is 22.5 Å². The van der Waals surface area contributed by atoms with Gasteiger partial charge in [0, 0.05) is 67.7 Å². The number of benzene rings is 2. The minimum atomic E-state index is -0.444. The Bertz CT molecular complexity index is 1470. The van der Waals surface area contributed by atoms with Crippen LogP contribution < -0.4 is 5.32 Å². The number of anilines is 1. The Morgan fingerprint density at radius 1 is 0.976 bits per heavy atom. The first-order valence-corrected chi connectivity index (χ1v) is 15.0. The second kappa shape index (κ2) is 12.8. The zero-order chi connectivity index (χ0) is 28.9. The molecule has 2 aliphatic heterocycles. The fourth-order valence-corrected chi connectivity index (χ4v) is 6.18. The van der Waals surface area contributed by atoms with E-state index in [0.29, 0.717) is 25.1 Å². The van der Waals surface area contributed by atoms with E-state index < -0.39 is 6.61 Å². The number of aromatic nitrogens is 4. The number of amides is 1. The van der Waals surface area contributed by atoms with Crippen molar-refractivity contribution in [1.29, 1.82) is 0 Å². The van der Waals surface area contributed by atoms with Crippen LogP contribution in [0.1, 0.15) is 48.4 Å². The smallest absolute Gasteiger partial charge is 0.248 e. The largest absolute Gasteiger partial charge is 0.387 e. The number of aliphatic hydroxyl groups is 1. The molecule has 9 heteroatoms. The number of rotatable bonds is 8. The number of likely N-dealkylation sites (tertiary alicyclic amines) is 2. The maximum atomic E-state index is 12.0. The monoisotopic (exact) mass is 565 g/mol. The van der Waals surface area contributed by atoms with E-state index in [1.165, 1.54) is 11.1 Å². The van der Waals surface area contributed by atoms with Crippen molar-refractivity contribution in [3.63, 3.8) is 0 Å². The van der Waals surface area contributed by atoms with Crippen molar-refractivity contribution in [2.45, 2.75) is 51.1 Å². The zero-order valence-electron chi connectivity index (χ0n) is 24.2. The van der Waals surface area contributed by atoms with Crippen molar-refractivity contribution >= 4 is 11.9 Å². The minimum Gasteiger partial charge on any atom is -0.387 e. The van der Waals surface area contributed by atoms with Crippen LogP contribution in [0.2, 0.25) is 0 Å². The van der Waals surface area contributed by atoms with Gasteiger partial charge >= 0.3 is 0 Å². The zero-order valence-corrected chi connectivity index (χ0v) is 24.2. The number of hydrogen-bond acceptors (Lipinski definition) is 7. The highest BCUT2D eigenvalue weighted by Gasteiger charge is 2.29. The molecular formula is C33H39N7O2. The Balaban J connectivity index is 1.21. The first-order valence-electron chi connectivity index (χ1n) is 15.0. The third kappa shape index (κ3) is 6.37. The van der Waals surface area contributed by atoms with Gasteiger partial charge in [0.2, 0.25) is 11.9 Å². The number of aromatic amines is 1. The molecule has 4 aromatic rings. The first kappa shape index (κ1) is 28.1. The highest BCUT2D eigenvalue weighted by molar-refractivity contribution is 5.82. The quantitative estimate of drug-likeness (QED) is 0.286. The molecule has 0 atom stereocenters. The number of aryl methyl sites for hydroxylation is 1. The molecule has 2 aliphatic rings. The predicted molar refractivity (Wildman–Crippen MR) is 164 cm³/mol. The molecule has 1 amide bonds. The molecule has 0 spiro atoms. The first-order chi connectivity index (χ1) is 20.6. The average Bonchev–Trinajstić information content (AvgIpc) is 3.48. The van der Waals surface area contributed by atoms with Gasteiger partial charge in [-0.15, -0.1) is 0 Å². The van der Waals surface area contributed by atoms with Crippen LogP contribution in [0.4, 0.5) is 5.95 Å². The van der Waals surface area contributed by atoms with E-state index in [9.17, 15) is 9.90 Å². The van der Waals surface area contributed by atoms with Crippen LogP contribution in [0.5, 0.6) is 0 Å².